The van der Waals surface area contributed by atoms with Crippen molar-refractivity contribution in [3.63, 3.8) is 0 Å². The summed E-state index contributed by atoms with van der Waals surface area (Å²) in [6.07, 6.45) is 1.87. The van der Waals surface area contributed by atoms with Gasteiger partial charge in [0, 0.05) is 0 Å². The molecule has 0 spiro atoms. The van der Waals surface area contributed by atoms with Crippen molar-refractivity contribution in [2.75, 3.05) is 13.7 Å². The van der Waals surface area contributed by atoms with Crippen molar-refractivity contribution in [3.8, 4) is 11.5 Å². The van der Waals surface area contributed by atoms with Crippen LogP contribution in [0, 0.1) is 5.92 Å². The van der Waals surface area contributed by atoms with Gasteiger partial charge in [0.05, 0.1) is 7.11 Å². The van der Waals surface area contributed by atoms with E-state index in [0.29, 0.717) is 18.2 Å². The third-order valence-corrected chi connectivity index (χ3v) is 3.48. The summed E-state index contributed by atoms with van der Waals surface area (Å²) in [6.45, 7) is 0.646. The fourth-order valence-corrected chi connectivity index (χ4v) is 2.30. The van der Waals surface area contributed by atoms with Crippen molar-refractivity contribution in [2.45, 2.75) is 12.8 Å². The van der Waals surface area contributed by atoms with Gasteiger partial charge in [-0.15, -0.1) is 0 Å². The van der Waals surface area contributed by atoms with Gasteiger partial charge < -0.3 is 15.6 Å². The number of methoxy groups -OCH3 is 1. The number of phenols is 1. The Morgan fingerprint density at radius 3 is 1.90 bits per heavy atom. The molecule has 20 heavy (non-hydrogen) atoms. The van der Waals surface area contributed by atoms with Crippen LogP contribution in [-0.4, -0.2) is 18.8 Å². The zero-order valence-electron chi connectivity index (χ0n) is 11.8. The highest BCUT2D eigenvalue weighted by atomic mass is 16.5. The van der Waals surface area contributed by atoms with Crippen LogP contribution in [0.25, 0.3) is 0 Å². The largest absolute Gasteiger partial charge is 0.508 e. The molecule has 0 aliphatic carbocycles. The summed E-state index contributed by atoms with van der Waals surface area (Å²) >= 11 is 0. The van der Waals surface area contributed by atoms with Crippen LogP contribution in [0.2, 0.25) is 0 Å². The molecule has 0 amide bonds. The van der Waals surface area contributed by atoms with Crippen molar-refractivity contribution < 1.29 is 9.84 Å². The van der Waals surface area contributed by atoms with Crippen molar-refractivity contribution in [1.29, 1.82) is 0 Å². The standard InChI is InChI=1S/C17H21NO2/c1-20-17-8-4-14(5-9-17)11-15(12-18)10-13-2-6-16(19)7-3-13/h2-9,15,19H,10-12,18H2,1H3. The van der Waals surface area contributed by atoms with Crippen LogP contribution in [0.15, 0.2) is 48.5 Å². The Morgan fingerprint density at radius 1 is 0.950 bits per heavy atom. The first-order chi connectivity index (χ1) is 9.71. The maximum atomic E-state index is 9.30. The zero-order valence-corrected chi connectivity index (χ0v) is 11.8. The minimum absolute atomic E-state index is 0.299. The monoisotopic (exact) mass is 271 g/mol. The first-order valence-electron chi connectivity index (χ1n) is 6.82. The fourth-order valence-electron chi connectivity index (χ4n) is 2.30. The van der Waals surface area contributed by atoms with E-state index in [0.717, 1.165) is 18.6 Å². The molecule has 106 valence electrons. The maximum absolute atomic E-state index is 9.30. The molecule has 1 unspecified atom stereocenters. The summed E-state index contributed by atoms with van der Waals surface area (Å²) < 4.78 is 5.16. The Morgan fingerprint density at radius 2 is 1.45 bits per heavy atom. The molecule has 3 nitrogen and oxygen atoms in total. The van der Waals surface area contributed by atoms with E-state index < -0.39 is 0 Å². The number of ether oxygens (including phenoxy) is 1. The number of rotatable bonds is 6. The fraction of sp³-hybridized carbons (Fsp3) is 0.294. The molecule has 0 fully saturated rings. The summed E-state index contributed by atoms with van der Waals surface area (Å²) in [5, 5.41) is 9.30. The Balaban J connectivity index is 1.99. The molecule has 3 heteroatoms. The van der Waals surface area contributed by atoms with Gasteiger partial charge in [0.25, 0.3) is 0 Å². The van der Waals surface area contributed by atoms with E-state index in [4.69, 9.17) is 10.5 Å². The van der Waals surface area contributed by atoms with Crippen molar-refractivity contribution >= 4 is 0 Å². The molecule has 2 aromatic rings. The summed E-state index contributed by atoms with van der Waals surface area (Å²) in [4.78, 5) is 0. The van der Waals surface area contributed by atoms with Crippen LogP contribution in [0.5, 0.6) is 11.5 Å². The second-order valence-corrected chi connectivity index (χ2v) is 5.02. The first kappa shape index (κ1) is 14.4. The molecular formula is C17H21NO2. The number of benzene rings is 2. The number of hydrogen-bond acceptors (Lipinski definition) is 3. The highest BCUT2D eigenvalue weighted by Gasteiger charge is 2.09. The predicted molar refractivity (Wildman–Crippen MR) is 81.1 cm³/mol. The average molecular weight is 271 g/mol. The lowest BCUT2D eigenvalue weighted by molar-refractivity contribution is 0.414. The Kier molecular flexibility index (Phi) is 5.02. The summed E-state index contributed by atoms with van der Waals surface area (Å²) in [7, 11) is 1.67. The van der Waals surface area contributed by atoms with Gasteiger partial charge in [-0.2, -0.15) is 0 Å². The molecule has 0 saturated heterocycles. The molecule has 2 aromatic carbocycles. The average Bonchev–Trinajstić information content (AvgIpc) is 2.49. The molecule has 0 aliphatic heterocycles. The molecule has 2 rings (SSSR count). The Hall–Kier alpha value is -2.00. The Labute approximate surface area is 120 Å². The molecule has 0 heterocycles. The van der Waals surface area contributed by atoms with Crippen LogP contribution in [0.3, 0.4) is 0 Å². The lowest BCUT2D eigenvalue weighted by Crippen LogP contribution is -2.19. The lowest BCUT2D eigenvalue weighted by atomic mass is 9.92. The van der Waals surface area contributed by atoms with Crippen LogP contribution >= 0.6 is 0 Å². The van der Waals surface area contributed by atoms with Crippen molar-refractivity contribution in [2.24, 2.45) is 11.7 Å². The maximum Gasteiger partial charge on any atom is 0.118 e. The zero-order chi connectivity index (χ0) is 14.4. The van der Waals surface area contributed by atoms with E-state index in [1.165, 1.54) is 11.1 Å². The second-order valence-electron chi connectivity index (χ2n) is 5.02. The van der Waals surface area contributed by atoms with E-state index in [2.05, 4.69) is 12.1 Å². The van der Waals surface area contributed by atoms with Gasteiger partial charge in [0.1, 0.15) is 11.5 Å². The summed E-state index contributed by atoms with van der Waals surface area (Å²) in [5.74, 6) is 1.57. The van der Waals surface area contributed by atoms with Crippen molar-refractivity contribution in [1.82, 2.24) is 0 Å². The SMILES string of the molecule is COc1ccc(CC(CN)Cc2ccc(O)cc2)cc1. The van der Waals surface area contributed by atoms with Gasteiger partial charge in [-0.3, -0.25) is 0 Å². The first-order valence-corrected chi connectivity index (χ1v) is 6.82. The number of hydrogen-bond donors (Lipinski definition) is 2. The van der Waals surface area contributed by atoms with Crippen LogP contribution in [0.4, 0.5) is 0 Å². The van der Waals surface area contributed by atoms with E-state index in [1.807, 2.05) is 24.3 Å². The van der Waals surface area contributed by atoms with E-state index >= 15 is 0 Å². The third-order valence-electron chi connectivity index (χ3n) is 3.48. The molecular weight excluding hydrogens is 250 g/mol. The smallest absolute Gasteiger partial charge is 0.118 e. The third kappa shape index (κ3) is 4.00. The van der Waals surface area contributed by atoms with Gasteiger partial charge in [-0.1, -0.05) is 24.3 Å². The van der Waals surface area contributed by atoms with Crippen molar-refractivity contribution in [3.05, 3.63) is 59.7 Å². The molecule has 3 N–H and O–H groups in total. The normalized spacial score (nSPS) is 12.1. The molecule has 0 aromatic heterocycles. The minimum Gasteiger partial charge on any atom is -0.508 e. The number of phenolic OH excluding ortho intramolecular Hbond substituents is 1. The van der Waals surface area contributed by atoms with Gasteiger partial charge in [-0.25, -0.2) is 0 Å². The molecule has 0 bridgehead atoms. The quantitative estimate of drug-likeness (QED) is 0.849. The predicted octanol–water partition coefficient (Wildman–Crippen LogP) is 2.76. The van der Waals surface area contributed by atoms with Crippen LogP contribution < -0.4 is 10.5 Å². The summed E-state index contributed by atoms with van der Waals surface area (Å²) in [5.41, 5.74) is 8.34. The van der Waals surface area contributed by atoms with Gasteiger partial charge in [0.15, 0.2) is 0 Å². The van der Waals surface area contributed by atoms with E-state index in [1.54, 1.807) is 19.2 Å². The number of aromatic hydroxyl groups is 1. The molecule has 0 radical (unpaired) electrons. The van der Waals surface area contributed by atoms with E-state index in [9.17, 15) is 5.11 Å². The van der Waals surface area contributed by atoms with Gasteiger partial charge in [-0.05, 0) is 60.7 Å². The van der Waals surface area contributed by atoms with Crippen LogP contribution in [0.1, 0.15) is 11.1 Å². The molecule has 1 atom stereocenters. The highest BCUT2D eigenvalue weighted by molar-refractivity contribution is 5.29. The lowest BCUT2D eigenvalue weighted by Gasteiger charge is -2.15. The second kappa shape index (κ2) is 6.96. The van der Waals surface area contributed by atoms with Gasteiger partial charge >= 0.3 is 0 Å². The number of nitrogens with two attached hydrogens (primary N) is 1. The summed E-state index contributed by atoms with van der Waals surface area (Å²) in [6, 6.07) is 15.5. The highest BCUT2D eigenvalue weighted by Crippen LogP contribution is 2.18. The topological polar surface area (TPSA) is 55.5 Å². The van der Waals surface area contributed by atoms with Gasteiger partial charge in [0.2, 0.25) is 0 Å². The minimum atomic E-state index is 0.299. The Bertz CT molecular complexity index is 520. The molecule has 0 aliphatic rings. The van der Waals surface area contributed by atoms with E-state index in [-0.39, 0.29) is 0 Å². The van der Waals surface area contributed by atoms with Crippen LogP contribution in [-0.2, 0) is 12.8 Å². The molecule has 0 saturated carbocycles.